The molecule has 0 spiro atoms. The van der Waals surface area contributed by atoms with Crippen LogP contribution in [0.4, 0.5) is 4.39 Å². The van der Waals surface area contributed by atoms with Crippen LogP contribution in [0.15, 0.2) is 24.3 Å². The van der Waals surface area contributed by atoms with Gasteiger partial charge in [0.25, 0.3) is 5.91 Å². The van der Waals surface area contributed by atoms with E-state index < -0.39 is 6.04 Å². The van der Waals surface area contributed by atoms with Crippen molar-refractivity contribution in [1.82, 2.24) is 20.9 Å². The maximum atomic E-state index is 13.2. The number of nitrogens with one attached hydrogen (secondary N) is 3. The van der Waals surface area contributed by atoms with Gasteiger partial charge in [-0.3, -0.25) is 19.7 Å². The molecule has 0 radical (unpaired) electrons. The Bertz CT molecular complexity index is 884. The highest BCUT2D eigenvalue weighted by atomic mass is 32.2. The third-order valence-electron chi connectivity index (χ3n) is 7.25. The Kier molecular flexibility index (Phi) is 10.4. The number of carbonyl (C=O) groups is 3. The van der Waals surface area contributed by atoms with Crippen molar-refractivity contribution in [3.05, 3.63) is 35.6 Å². The fourth-order valence-electron chi connectivity index (χ4n) is 5.03. The van der Waals surface area contributed by atoms with E-state index in [-0.39, 0.29) is 35.6 Å². The molecule has 1 unspecified atom stereocenters. The Hall–Kier alpha value is -1.78. The summed E-state index contributed by atoms with van der Waals surface area (Å²) in [5, 5.41) is 9.30. The van der Waals surface area contributed by atoms with Gasteiger partial charge in [0, 0.05) is 42.1 Å². The van der Waals surface area contributed by atoms with Gasteiger partial charge in [-0.25, -0.2) is 4.39 Å². The number of nitrogens with zero attached hydrogens (tertiary/aromatic N) is 1. The van der Waals surface area contributed by atoms with Crippen LogP contribution in [0.3, 0.4) is 0 Å². The van der Waals surface area contributed by atoms with Crippen LogP contribution >= 0.6 is 23.5 Å². The van der Waals surface area contributed by atoms with Crippen molar-refractivity contribution in [3.8, 4) is 0 Å². The van der Waals surface area contributed by atoms with Gasteiger partial charge in [0.05, 0.1) is 6.04 Å². The highest BCUT2D eigenvalue weighted by Gasteiger charge is 2.30. The number of benzene rings is 1. The first kappa shape index (κ1) is 27.3. The van der Waals surface area contributed by atoms with Crippen LogP contribution in [-0.4, -0.2) is 77.0 Å². The molecule has 0 bridgehead atoms. The Labute approximate surface area is 221 Å². The highest BCUT2D eigenvalue weighted by Crippen LogP contribution is 2.27. The van der Waals surface area contributed by atoms with Crippen LogP contribution in [-0.2, 0) is 9.59 Å². The van der Waals surface area contributed by atoms with Gasteiger partial charge in [0.2, 0.25) is 11.8 Å². The summed E-state index contributed by atoms with van der Waals surface area (Å²) in [5.41, 5.74) is 0.468. The Balaban J connectivity index is 1.27. The fourth-order valence-corrected chi connectivity index (χ4v) is 7.24. The average molecular weight is 537 g/mol. The van der Waals surface area contributed by atoms with E-state index in [0.29, 0.717) is 43.2 Å². The van der Waals surface area contributed by atoms with Crippen molar-refractivity contribution in [1.29, 1.82) is 0 Å². The first-order valence-electron chi connectivity index (χ1n) is 13.0. The van der Waals surface area contributed by atoms with Crippen molar-refractivity contribution in [2.75, 3.05) is 36.2 Å². The summed E-state index contributed by atoms with van der Waals surface area (Å²) < 4.78 is 13.2. The summed E-state index contributed by atoms with van der Waals surface area (Å²) in [6.07, 6.45) is 7.72. The average Bonchev–Trinajstić information content (AvgIpc) is 3.44. The number of thioether (sulfide) groups is 2. The molecule has 2 saturated heterocycles. The lowest BCUT2D eigenvalue weighted by Crippen LogP contribution is -2.56. The van der Waals surface area contributed by atoms with Gasteiger partial charge in [0.15, 0.2) is 0 Å². The zero-order valence-corrected chi connectivity index (χ0v) is 22.3. The molecule has 2 atom stereocenters. The molecular formula is C26H37FN4O3S2. The molecule has 10 heteroatoms. The summed E-state index contributed by atoms with van der Waals surface area (Å²) in [6, 6.07) is 4.72. The molecule has 1 aliphatic carbocycles. The fraction of sp³-hybridized carbons (Fsp3) is 0.654. The summed E-state index contributed by atoms with van der Waals surface area (Å²) in [7, 11) is 0. The first-order chi connectivity index (χ1) is 17.5. The van der Waals surface area contributed by atoms with E-state index in [1.54, 1.807) is 28.4 Å². The number of carbonyl (C=O) groups excluding carboxylic acids is 3. The number of rotatable bonds is 9. The minimum Gasteiger partial charge on any atom is -0.351 e. The number of hydrogen-bond acceptors (Lipinski definition) is 6. The van der Waals surface area contributed by atoms with E-state index in [4.69, 9.17) is 0 Å². The molecule has 1 aromatic carbocycles. The monoisotopic (exact) mass is 536 g/mol. The van der Waals surface area contributed by atoms with Gasteiger partial charge < -0.3 is 15.5 Å². The summed E-state index contributed by atoms with van der Waals surface area (Å²) >= 11 is 3.45. The maximum Gasteiger partial charge on any atom is 0.253 e. The quantitative estimate of drug-likeness (QED) is 0.450. The molecule has 4 rings (SSSR count). The molecule has 3 fully saturated rings. The highest BCUT2D eigenvalue weighted by molar-refractivity contribution is 7.99. The normalized spacial score (nSPS) is 22.2. The van der Waals surface area contributed by atoms with E-state index in [9.17, 15) is 18.8 Å². The van der Waals surface area contributed by atoms with Crippen molar-refractivity contribution in [2.24, 2.45) is 5.92 Å². The van der Waals surface area contributed by atoms with E-state index in [2.05, 4.69) is 16.0 Å². The van der Waals surface area contributed by atoms with Crippen molar-refractivity contribution in [2.45, 2.75) is 63.1 Å². The Morgan fingerprint density at radius 1 is 1.08 bits per heavy atom. The van der Waals surface area contributed by atoms with Gasteiger partial charge in [-0.15, -0.1) is 11.8 Å². The maximum absolute atomic E-state index is 13.2. The SMILES string of the molecule is O=C(NC1CCN(C(=O)c2ccc(F)cc2)CC1)C(CSCC1CCCCC1)NC(=O)[C@@H]1CSCN1. The lowest BCUT2D eigenvalue weighted by molar-refractivity contribution is -0.129. The van der Waals surface area contributed by atoms with Crippen LogP contribution in [0.1, 0.15) is 55.3 Å². The third-order valence-corrected chi connectivity index (χ3v) is 9.46. The third kappa shape index (κ3) is 7.86. The Morgan fingerprint density at radius 2 is 1.81 bits per heavy atom. The summed E-state index contributed by atoms with van der Waals surface area (Å²) in [6.45, 7) is 1.05. The van der Waals surface area contributed by atoms with Crippen molar-refractivity contribution < 1.29 is 18.8 Å². The van der Waals surface area contributed by atoms with E-state index in [1.165, 1.54) is 56.4 Å². The minimum atomic E-state index is -0.572. The summed E-state index contributed by atoms with van der Waals surface area (Å²) in [5.74, 6) is 3.03. The van der Waals surface area contributed by atoms with Crippen LogP contribution in [0.2, 0.25) is 0 Å². The molecule has 198 valence electrons. The lowest BCUT2D eigenvalue weighted by atomic mass is 9.91. The Morgan fingerprint density at radius 3 is 2.47 bits per heavy atom. The largest absolute Gasteiger partial charge is 0.351 e. The molecular weight excluding hydrogens is 499 g/mol. The van der Waals surface area contributed by atoms with Gasteiger partial charge in [-0.2, -0.15) is 11.8 Å². The number of piperidine rings is 1. The van der Waals surface area contributed by atoms with Crippen LogP contribution in [0.25, 0.3) is 0 Å². The first-order valence-corrected chi connectivity index (χ1v) is 15.3. The smallest absolute Gasteiger partial charge is 0.253 e. The molecule has 36 heavy (non-hydrogen) atoms. The van der Waals surface area contributed by atoms with Crippen LogP contribution in [0, 0.1) is 11.7 Å². The molecule has 0 aromatic heterocycles. The molecule has 7 nitrogen and oxygen atoms in total. The van der Waals surface area contributed by atoms with Crippen molar-refractivity contribution in [3.63, 3.8) is 0 Å². The van der Waals surface area contributed by atoms with Gasteiger partial charge >= 0.3 is 0 Å². The second kappa shape index (κ2) is 13.7. The number of likely N-dealkylation sites (tertiary alicyclic amines) is 1. The van der Waals surface area contributed by atoms with Gasteiger partial charge in [-0.1, -0.05) is 19.3 Å². The number of amides is 3. The molecule has 1 saturated carbocycles. The van der Waals surface area contributed by atoms with Crippen molar-refractivity contribution >= 4 is 41.2 Å². The van der Waals surface area contributed by atoms with Gasteiger partial charge in [-0.05, 0) is 61.6 Å². The lowest BCUT2D eigenvalue weighted by Gasteiger charge is -2.33. The number of halogens is 1. The van der Waals surface area contributed by atoms with Crippen LogP contribution in [0.5, 0.6) is 0 Å². The summed E-state index contributed by atoms with van der Waals surface area (Å²) in [4.78, 5) is 40.4. The zero-order valence-electron chi connectivity index (χ0n) is 20.7. The topological polar surface area (TPSA) is 90.5 Å². The predicted molar refractivity (Wildman–Crippen MR) is 144 cm³/mol. The second-order valence-electron chi connectivity index (χ2n) is 9.96. The predicted octanol–water partition coefficient (Wildman–Crippen LogP) is 3.01. The standard InChI is InChI=1S/C26H37FN4O3S2/c27-20-8-6-19(7-9-20)26(34)31-12-10-21(11-13-31)29-25(33)23(30-24(32)22-15-36-17-28-22)16-35-14-18-4-2-1-3-5-18/h6-9,18,21-23,28H,1-5,10-17H2,(H,29,33)(H,30,32)/t22-,23?/m0/s1. The van der Waals surface area contributed by atoms with E-state index in [1.807, 2.05) is 0 Å². The van der Waals surface area contributed by atoms with E-state index in [0.717, 1.165) is 17.4 Å². The molecule has 2 aliphatic heterocycles. The minimum absolute atomic E-state index is 0.0438. The molecule has 1 aromatic rings. The van der Waals surface area contributed by atoms with Crippen LogP contribution < -0.4 is 16.0 Å². The molecule has 3 amide bonds. The zero-order chi connectivity index (χ0) is 25.3. The molecule has 3 N–H and O–H groups in total. The van der Waals surface area contributed by atoms with Gasteiger partial charge in [0.1, 0.15) is 11.9 Å². The molecule has 2 heterocycles. The number of hydrogen-bond donors (Lipinski definition) is 3. The van der Waals surface area contributed by atoms with E-state index >= 15 is 0 Å². The molecule has 3 aliphatic rings. The second-order valence-corrected chi connectivity index (χ2v) is 12.1.